The van der Waals surface area contributed by atoms with Crippen LogP contribution in [0.3, 0.4) is 0 Å². The van der Waals surface area contributed by atoms with Crippen molar-refractivity contribution in [3.63, 3.8) is 0 Å². The van der Waals surface area contributed by atoms with Crippen LogP contribution in [0.1, 0.15) is 52.4 Å². The fourth-order valence-electron chi connectivity index (χ4n) is 4.04. The van der Waals surface area contributed by atoms with E-state index in [1.54, 1.807) is 0 Å². The Kier molecular flexibility index (Phi) is 7.32. The third-order valence-electron chi connectivity index (χ3n) is 5.44. The molecule has 0 amide bonds. The molecule has 2 heterocycles. The van der Waals surface area contributed by atoms with Crippen LogP contribution in [0.4, 0.5) is 0 Å². The van der Waals surface area contributed by atoms with Crippen molar-refractivity contribution in [1.82, 2.24) is 15.1 Å². The van der Waals surface area contributed by atoms with Gasteiger partial charge in [-0.2, -0.15) is 0 Å². The van der Waals surface area contributed by atoms with Gasteiger partial charge >= 0.3 is 0 Å². The lowest BCUT2D eigenvalue weighted by Crippen LogP contribution is -2.47. The summed E-state index contributed by atoms with van der Waals surface area (Å²) < 4.78 is 0. The number of likely N-dealkylation sites (N-methyl/N-ethyl adjacent to an activating group) is 1. The molecule has 2 saturated heterocycles. The van der Waals surface area contributed by atoms with Gasteiger partial charge in [-0.1, -0.05) is 26.7 Å². The van der Waals surface area contributed by atoms with Crippen LogP contribution >= 0.6 is 0 Å². The molecule has 0 bridgehead atoms. The Balaban J connectivity index is 1.90. The average molecular weight is 281 g/mol. The van der Waals surface area contributed by atoms with Crippen LogP contribution in [0.2, 0.25) is 0 Å². The van der Waals surface area contributed by atoms with Crippen LogP contribution in [-0.2, 0) is 0 Å². The molecule has 3 heteroatoms. The number of hydrogen-bond acceptors (Lipinski definition) is 3. The van der Waals surface area contributed by atoms with Gasteiger partial charge in [-0.15, -0.1) is 0 Å². The SMILES string of the molecule is CCN(CC)CCN1CCCCCC1C1CCNCC1. The van der Waals surface area contributed by atoms with Crippen LogP contribution in [0.25, 0.3) is 0 Å². The molecular weight excluding hydrogens is 246 g/mol. The largest absolute Gasteiger partial charge is 0.317 e. The van der Waals surface area contributed by atoms with Crippen molar-refractivity contribution < 1.29 is 0 Å². The summed E-state index contributed by atoms with van der Waals surface area (Å²) in [6, 6.07) is 0.871. The molecule has 0 aliphatic carbocycles. The van der Waals surface area contributed by atoms with E-state index < -0.39 is 0 Å². The molecule has 2 aliphatic heterocycles. The van der Waals surface area contributed by atoms with Gasteiger partial charge in [-0.25, -0.2) is 0 Å². The van der Waals surface area contributed by atoms with E-state index in [9.17, 15) is 0 Å². The molecule has 0 aromatic rings. The molecule has 1 atom stereocenters. The molecule has 118 valence electrons. The zero-order valence-corrected chi connectivity index (χ0v) is 13.7. The van der Waals surface area contributed by atoms with Gasteiger partial charge in [-0.3, -0.25) is 4.90 Å². The van der Waals surface area contributed by atoms with Gasteiger partial charge in [0.2, 0.25) is 0 Å². The quantitative estimate of drug-likeness (QED) is 0.807. The first-order chi connectivity index (χ1) is 9.85. The average Bonchev–Trinajstić information content (AvgIpc) is 2.75. The maximum absolute atomic E-state index is 3.53. The Hall–Kier alpha value is -0.120. The predicted octanol–water partition coefficient (Wildman–Crippen LogP) is 2.57. The van der Waals surface area contributed by atoms with E-state index in [0.29, 0.717) is 0 Å². The number of piperidine rings is 1. The van der Waals surface area contributed by atoms with E-state index in [0.717, 1.165) is 12.0 Å². The molecule has 3 nitrogen and oxygen atoms in total. The zero-order chi connectivity index (χ0) is 14.2. The van der Waals surface area contributed by atoms with Crippen molar-refractivity contribution in [3.8, 4) is 0 Å². The minimum atomic E-state index is 0.871. The number of nitrogens with zero attached hydrogens (tertiary/aromatic N) is 2. The van der Waals surface area contributed by atoms with Crippen LogP contribution < -0.4 is 5.32 Å². The van der Waals surface area contributed by atoms with Crippen LogP contribution in [0.15, 0.2) is 0 Å². The molecule has 0 aromatic carbocycles. The molecule has 0 saturated carbocycles. The van der Waals surface area contributed by atoms with Gasteiger partial charge in [0, 0.05) is 19.1 Å². The molecule has 2 fully saturated rings. The Bertz CT molecular complexity index is 247. The second-order valence-electron chi connectivity index (χ2n) is 6.57. The summed E-state index contributed by atoms with van der Waals surface area (Å²) in [7, 11) is 0. The molecule has 1 unspecified atom stereocenters. The monoisotopic (exact) mass is 281 g/mol. The van der Waals surface area contributed by atoms with Gasteiger partial charge in [0.1, 0.15) is 0 Å². The Morgan fingerprint density at radius 3 is 2.45 bits per heavy atom. The molecule has 0 radical (unpaired) electrons. The van der Waals surface area contributed by atoms with Crippen molar-refractivity contribution in [2.24, 2.45) is 5.92 Å². The van der Waals surface area contributed by atoms with Gasteiger partial charge < -0.3 is 10.2 Å². The highest BCUT2D eigenvalue weighted by atomic mass is 15.2. The van der Waals surface area contributed by atoms with E-state index in [1.165, 1.54) is 84.3 Å². The molecule has 0 aromatic heterocycles. The number of rotatable bonds is 6. The molecule has 1 N–H and O–H groups in total. The number of likely N-dealkylation sites (tertiary alicyclic amines) is 1. The first-order valence-corrected chi connectivity index (χ1v) is 9.02. The summed E-state index contributed by atoms with van der Waals surface area (Å²) in [5.74, 6) is 0.950. The van der Waals surface area contributed by atoms with Gasteiger partial charge in [0.05, 0.1) is 0 Å². The minimum Gasteiger partial charge on any atom is -0.317 e. The van der Waals surface area contributed by atoms with Crippen molar-refractivity contribution >= 4 is 0 Å². The van der Waals surface area contributed by atoms with E-state index in [1.807, 2.05) is 0 Å². The number of hydrogen-bond donors (Lipinski definition) is 1. The van der Waals surface area contributed by atoms with Crippen molar-refractivity contribution in [2.75, 3.05) is 45.8 Å². The highest BCUT2D eigenvalue weighted by molar-refractivity contribution is 4.85. The van der Waals surface area contributed by atoms with Crippen molar-refractivity contribution in [2.45, 2.75) is 58.4 Å². The van der Waals surface area contributed by atoms with Crippen molar-refractivity contribution in [3.05, 3.63) is 0 Å². The lowest BCUT2D eigenvalue weighted by Gasteiger charge is -2.39. The third kappa shape index (κ3) is 4.71. The zero-order valence-electron chi connectivity index (χ0n) is 13.7. The lowest BCUT2D eigenvalue weighted by atomic mass is 9.87. The standard InChI is InChI=1S/C17H35N3/c1-3-19(4-2)14-15-20-13-7-5-6-8-17(20)16-9-11-18-12-10-16/h16-18H,3-15H2,1-2H3. The molecule has 0 spiro atoms. The second-order valence-corrected chi connectivity index (χ2v) is 6.57. The van der Waals surface area contributed by atoms with Crippen molar-refractivity contribution in [1.29, 1.82) is 0 Å². The molecule has 2 rings (SSSR count). The van der Waals surface area contributed by atoms with Crippen LogP contribution in [0.5, 0.6) is 0 Å². The Morgan fingerprint density at radius 1 is 1.00 bits per heavy atom. The first-order valence-electron chi connectivity index (χ1n) is 9.02. The van der Waals surface area contributed by atoms with E-state index in [2.05, 4.69) is 29.0 Å². The summed E-state index contributed by atoms with van der Waals surface area (Å²) in [5.41, 5.74) is 0. The lowest BCUT2D eigenvalue weighted by molar-refractivity contribution is 0.108. The minimum absolute atomic E-state index is 0.871. The van der Waals surface area contributed by atoms with Crippen LogP contribution in [-0.4, -0.2) is 61.7 Å². The molecule has 2 aliphatic rings. The highest BCUT2D eigenvalue weighted by Gasteiger charge is 2.29. The third-order valence-corrected chi connectivity index (χ3v) is 5.44. The summed E-state index contributed by atoms with van der Waals surface area (Å²) >= 11 is 0. The first kappa shape index (κ1) is 16.3. The normalized spacial score (nSPS) is 26.9. The van der Waals surface area contributed by atoms with E-state index >= 15 is 0 Å². The topological polar surface area (TPSA) is 18.5 Å². The molecule has 20 heavy (non-hydrogen) atoms. The highest BCUT2D eigenvalue weighted by Crippen LogP contribution is 2.28. The summed E-state index contributed by atoms with van der Waals surface area (Å²) in [6.45, 7) is 13.3. The fourth-order valence-corrected chi connectivity index (χ4v) is 4.04. The molecular formula is C17H35N3. The van der Waals surface area contributed by atoms with E-state index in [4.69, 9.17) is 0 Å². The second kappa shape index (κ2) is 9.01. The van der Waals surface area contributed by atoms with E-state index in [-0.39, 0.29) is 0 Å². The maximum Gasteiger partial charge on any atom is 0.0125 e. The van der Waals surface area contributed by atoms with Gasteiger partial charge in [0.25, 0.3) is 0 Å². The van der Waals surface area contributed by atoms with Gasteiger partial charge in [-0.05, 0) is 64.3 Å². The Labute approximate surface area is 126 Å². The fraction of sp³-hybridized carbons (Fsp3) is 1.00. The smallest absolute Gasteiger partial charge is 0.0125 e. The number of nitrogens with one attached hydrogen (secondary N) is 1. The predicted molar refractivity (Wildman–Crippen MR) is 87.2 cm³/mol. The Morgan fingerprint density at radius 2 is 1.75 bits per heavy atom. The van der Waals surface area contributed by atoms with Crippen LogP contribution in [0, 0.1) is 5.92 Å². The summed E-state index contributed by atoms with van der Waals surface area (Å²) in [5, 5.41) is 3.53. The van der Waals surface area contributed by atoms with Gasteiger partial charge in [0.15, 0.2) is 0 Å². The maximum atomic E-state index is 3.53. The summed E-state index contributed by atoms with van der Waals surface area (Å²) in [6.07, 6.45) is 8.56. The summed E-state index contributed by atoms with van der Waals surface area (Å²) in [4.78, 5) is 5.42.